The molecule has 15 heteroatoms. The highest BCUT2D eigenvalue weighted by molar-refractivity contribution is 6.30. The molecule has 39 heavy (non-hydrogen) atoms. The molecule has 1 saturated heterocycles. The van der Waals surface area contributed by atoms with Crippen LogP contribution < -0.4 is 15.4 Å². The van der Waals surface area contributed by atoms with Crippen molar-refractivity contribution in [1.82, 2.24) is 20.2 Å². The number of piperidine rings is 1. The van der Waals surface area contributed by atoms with Gasteiger partial charge in [0.1, 0.15) is 23.2 Å². The van der Waals surface area contributed by atoms with Gasteiger partial charge in [0, 0.05) is 18.7 Å². The number of rotatable bonds is 6. The van der Waals surface area contributed by atoms with Crippen LogP contribution in [0.1, 0.15) is 39.3 Å². The molecule has 0 radical (unpaired) electrons. The van der Waals surface area contributed by atoms with Crippen molar-refractivity contribution in [3.8, 4) is 5.75 Å². The van der Waals surface area contributed by atoms with Crippen LogP contribution in [0.25, 0.3) is 0 Å². The topological polar surface area (TPSA) is 123 Å². The first-order chi connectivity index (χ1) is 18.1. The third-order valence-electron chi connectivity index (χ3n) is 5.31. The maximum Gasteiger partial charge on any atom is 0.434 e. The van der Waals surface area contributed by atoms with Gasteiger partial charge in [-0.15, -0.1) is 0 Å². The Balaban J connectivity index is 1.68. The third kappa shape index (κ3) is 8.67. The Morgan fingerprint density at radius 2 is 1.87 bits per heavy atom. The minimum Gasteiger partial charge on any atom is -0.484 e. The van der Waals surface area contributed by atoms with E-state index in [1.807, 2.05) is 0 Å². The summed E-state index contributed by atoms with van der Waals surface area (Å²) in [5, 5.41) is 4.85. The highest BCUT2D eigenvalue weighted by Crippen LogP contribution is 2.28. The smallest absolute Gasteiger partial charge is 0.434 e. The van der Waals surface area contributed by atoms with Gasteiger partial charge >= 0.3 is 12.3 Å². The van der Waals surface area contributed by atoms with Gasteiger partial charge in [-0.3, -0.25) is 19.5 Å². The second-order valence-corrected chi connectivity index (χ2v) is 10.0. The van der Waals surface area contributed by atoms with E-state index < -0.39 is 65.7 Å². The Bertz CT molecular complexity index is 1220. The number of benzene rings is 1. The predicted octanol–water partition coefficient (Wildman–Crippen LogP) is 4.19. The number of carbonyl (C=O) groups is 3. The Hall–Kier alpha value is -3.68. The van der Waals surface area contributed by atoms with Crippen LogP contribution in [0, 0.1) is 5.82 Å². The van der Waals surface area contributed by atoms with Gasteiger partial charge in [-0.05, 0) is 45.7 Å². The molecule has 0 bridgehead atoms. The molecule has 1 aromatic carbocycles. The van der Waals surface area contributed by atoms with Gasteiger partial charge in [-0.1, -0.05) is 11.6 Å². The molecule has 2 N–H and O–H groups in total. The van der Waals surface area contributed by atoms with E-state index in [9.17, 15) is 31.9 Å². The molecule has 2 aromatic rings. The molecule has 1 fully saturated rings. The maximum atomic E-state index is 13.6. The predicted molar refractivity (Wildman–Crippen MR) is 130 cm³/mol. The molecule has 10 nitrogen and oxygen atoms in total. The van der Waals surface area contributed by atoms with Crippen LogP contribution in [-0.2, 0) is 20.5 Å². The minimum absolute atomic E-state index is 0.0473. The van der Waals surface area contributed by atoms with Crippen molar-refractivity contribution in [2.24, 2.45) is 0 Å². The van der Waals surface area contributed by atoms with E-state index in [-0.39, 0.29) is 30.2 Å². The van der Waals surface area contributed by atoms with E-state index in [2.05, 4.69) is 20.6 Å². The van der Waals surface area contributed by atoms with Crippen molar-refractivity contribution in [3.63, 3.8) is 0 Å². The normalized spacial score (nSPS) is 17.8. The molecule has 1 unspecified atom stereocenters. The summed E-state index contributed by atoms with van der Waals surface area (Å²) in [7, 11) is 0. The molecule has 1 aliphatic heterocycles. The minimum atomic E-state index is -4.77. The number of carbonyl (C=O) groups excluding carboxylic acids is 3. The van der Waals surface area contributed by atoms with Gasteiger partial charge in [-0.25, -0.2) is 14.2 Å². The zero-order valence-electron chi connectivity index (χ0n) is 21.1. The molecule has 3 amide bonds. The van der Waals surface area contributed by atoms with Crippen molar-refractivity contribution in [3.05, 3.63) is 47.1 Å². The number of anilines is 1. The molecular formula is C24H26ClF4N5O5. The van der Waals surface area contributed by atoms with E-state index in [0.717, 1.165) is 17.2 Å². The van der Waals surface area contributed by atoms with Crippen LogP contribution >= 0.6 is 11.6 Å². The summed E-state index contributed by atoms with van der Waals surface area (Å²) in [4.78, 5) is 46.3. The Labute approximate surface area is 226 Å². The van der Waals surface area contributed by atoms with Crippen molar-refractivity contribution < 1.29 is 41.4 Å². The second-order valence-electron chi connectivity index (χ2n) is 9.63. The summed E-state index contributed by atoms with van der Waals surface area (Å²) >= 11 is 5.62. The van der Waals surface area contributed by atoms with Gasteiger partial charge in [0.2, 0.25) is 5.91 Å². The number of ether oxygens (including phenoxy) is 2. The third-order valence-corrected chi connectivity index (χ3v) is 5.62. The van der Waals surface area contributed by atoms with E-state index in [1.54, 1.807) is 20.8 Å². The van der Waals surface area contributed by atoms with Gasteiger partial charge in [0.25, 0.3) is 5.91 Å². The molecule has 3 rings (SSSR count). The highest BCUT2D eigenvalue weighted by atomic mass is 35.5. The first kappa shape index (κ1) is 29.9. The van der Waals surface area contributed by atoms with Crippen molar-refractivity contribution in [2.45, 2.75) is 57.5 Å². The van der Waals surface area contributed by atoms with Crippen molar-refractivity contribution in [2.75, 3.05) is 18.5 Å². The van der Waals surface area contributed by atoms with E-state index in [1.165, 1.54) is 12.1 Å². The van der Waals surface area contributed by atoms with Gasteiger partial charge in [0.05, 0.1) is 17.4 Å². The van der Waals surface area contributed by atoms with Gasteiger partial charge in [-0.2, -0.15) is 13.2 Å². The summed E-state index contributed by atoms with van der Waals surface area (Å²) in [6.07, 6.45) is -3.87. The number of nitrogens with zero attached hydrogens (tertiary/aromatic N) is 3. The number of amides is 3. The molecule has 1 aromatic heterocycles. The van der Waals surface area contributed by atoms with Gasteiger partial charge in [0.15, 0.2) is 18.1 Å². The monoisotopic (exact) mass is 575 g/mol. The zero-order chi connectivity index (χ0) is 29.0. The Kier molecular flexibility index (Phi) is 9.20. The molecule has 0 aliphatic carbocycles. The summed E-state index contributed by atoms with van der Waals surface area (Å²) in [5.41, 5.74) is -2.21. The lowest BCUT2D eigenvalue weighted by molar-refractivity contribution is -0.141. The molecule has 212 valence electrons. The SMILES string of the molecule is CC(C)(C)OC(=O)N1CC(NC(=O)COc2ccc(Cl)c(F)c2)CC[C@H]1C(=O)Nc1cncc(C(F)(F)F)n1. The summed E-state index contributed by atoms with van der Waals surface area (Å²) in [6.45, 7) is 4.28. The number of aromatic nitrogens is 2. The van der Waals surface area contributed by atoms with E-state index in [0.29, 0.717) is 6.20 Å². The first-order valence-electron chi connectivity index (χ1n) is 11.7. The Morgan fingerprint density at radius 1 is 1.15 bits per heavy atom. The maximum absolute atomic E-state index is 13.6. The van der Waals surface area contributed by atoms with Crippen LogP contribution in [0.15, 0.2) is 30.6 Å². The average molecular weight is 576 g/mol. The number of hydrogen-bond donors (Lipinski definition) is 2. The number of likely N-dealkylation sites (tertiary alicyclic amines) is 1. The van der Waals surface area contributed by atoms with E-state index in [4.69, 9.17) is 21.1 Å². The lowest BCUT2D eigenvalue weighted by Gasteiger charge is -2.39. The number of alkyl halides is 3. The molecule has 0 saturated carbocycles. The fraction of sp³-hybridized carbons (Fsp3) is 0.458. The van der Waals surface area contributed by atoms with Crippen LogP contribution in [0.5, 0.6) is 5.75 Å². The summed E-state index contributed by atoms with van der Waals surface area (Å²) in [6, 6.07) is 1.96. The molecule has 2 atom stereocenters. The Morgan fingerprint density at radius 3 is 2.51 bits per heavy atom. The fourth-order valence-electron chi connectivity index (χ4n) is 3.64. The van der Waals surface area contributed by atoms with E-state index >= 15 is 0 Å². The standard InChI is InChI=1S/C24H26ClF4N5O5/c1-23(2,3)39-22(37)34-11-13(31-20(35)12-38-14-5-6-15(25)16(26)8-14)4-7-17(34)21(36)33-19-10-30-9-18(32-19)24(27,28)29/h5-6,8-10,13,17H,4,7,11-12H2,1-3H3,(H,31,35)(H,32,33,36)/t13?,17-/m0/s1. The van der Waals surface area contributed by atoms with Crippen LogP contribution in [0.2, 0.25) is 5.02 Å². The highest BCUT2D eigenvalue weighted by Gasteiger charge is 2.39. The second kappa shape index (κ2) is 12.0. The average Bonchev–Trinajstić information content (AvgIpc) is 2.83. The van der Waals surface area contributed by atoms with Crippen molar-refractivity contribution >= 4 is 35.3 Å². The van der Waals surface area contributed by atoms with Crippen LogP contribution in [0.4, 0.5) is 28.2 Å². The first-order valence-corrected chi connectivity index (χ1v) is 12.1. The zero-order valence-corrected chi connectivity index (χ0v) is 21.9. The summed E-state index contributed by atoms with van der Waals surface area (Å²) < 4.78 is 63.1. The molecule has 2 heterocycles. The lowest BCUT2D eigenvalue weighted by Crippen LogP contribution is -2.58. The molecular weight excluding hydrogens is 550 g/mol. The van der Waals surface area contributed by atoms with Gasteiger partial charge < -0.3 is 20.1 Å². The van der Waals surface area contributed by atoms with Crippen molar-refractivity contribution in [1.29, 1.82) is 0 Å². The lowest BCUT2D eigenvalue weighted by atomic mass is 9.97. The number of halogens is 5. The number of hydrogen-bond acceptors (Lipinski definition) is 7. The van der Waals surface area contributed by atoms with Crippen LogP contribution in [-0.4, -0.2) is 63.6 Å². The summed E-state index contributed by atoms with van der Waals surface area (Å²) in [5.74, 6) is -2.44. The van der Waals surface area contributed by atoms with Crippen LogP contribution in [0.3, 0.4) is 0 Å². The molecule has 0 spiro atoms. The molecule has 1 aliphatic rings. The fourth-order valence-corrected chi connectivity index (χ4v) is 3.76. The quantitative estimate of drug-likeness (QED) is 0.495. The largest absolute Gasteiger partial charge is 0.484 e. The number of nitrogens with one attached hydrogen (secondary N) is 2.